The number of benzene rings is 2. The maximum Gasteiger partial charge on any atom is 0.516 e. The number of nitrogens with one attached hydrogen (secondary N) is 1. The predicted octanol–water partition coefficient (Wildman–Crippen LogP) is 7.02. The highest BCUT2D eigenvalue weighted by Crippen LogP contribution is 2.31. The number of fused-ring (bicyclic) bond motifs is 2. The standard InChI is InChI=1S/C18H15ClF4N6O3S2.C11H12F4N4O2S.C7H5ClN2O2S.ClH/c1-10-15(28-8-14(19)33-17(28)26-10)16(30)24-7-11-2-3-13(12(20)6-11)29-5-4-27(9-25-29)34(31,32)18(21,22)23;12-9-5-8(6-16)1-2-10(9)19-4-3-18(7-17-19)22(20,21)11(13,14)15;1-3-5(6(11)12)10-2-4(8)13-7(10)9-3;/h2-3,6,8-9H,4-5,7H2,1H3,(H,24,30);1-2,5,7H,3-4,6,16H2;2H,1H3,(H,11,12);1H. The number of nitrogens with zero attached hydrogens (tertiary/aromatic N) is 10. The third-order valence-electron chi connectivity index (χ3n) is 9.54. The molecule has 0 aliphatic carbocycles. The highest BCUT2D eigenvalue weighted by atomic mass is 35.5. The number of aryl methyl sites for hydroxylation is 2. The summed E-state index contributed by atoms with van der Waals surface area (Å²) >= 11 is 14.2. The van der Waals surface area contributed by atoms with Crippen molar-refractivity contribution in [3.05, 3.63) is 103 Å². The fourth-order valence-corrected chi connectivity index (χ4v) is 9.89. The Morgan fingerprint density at radius 1 is 0.729 bits per heavy atom. The van der Waals surface area contributed by atoms with E-state index in [1.54, 1.807) is 36.7 Å². The van der Waals surface area contributed by atoms with Crippen LogP contribution in [-0.2, 0) is 33.1 Å². The highest BCUT2D eigenvalue weighted by molar-refractivity contribution is 7.90. The summed E-state index contributed by atoms with van der Waals surface area (Å²) in [6.07, 6.45) is 4.14. The maximum atomic E-state index is 14.7. The molecule has 4 aromatic heterocycles. The largest absolute Gasteiger partial charge is 0.516 e. The van der Waals surface area contributed by atoms with Gasteiger partial charge in [-0.3, -0.25) is 23.6 Å². The molecule has 6 aromatic rings. The second-order valence-electron chi connectivity index (χ2n) is 14.1. The molecule has 380 valence electrons. The van der Waals surface area contributed by atoms with Crippen molar-refractivity contribution in [3.63, 3.8) is 0 Å². The zero-order valence-corrected chi connectivity index (χ0v) is 40.9. The van der Waals surface area contributed by atoms with E-state index in [4.69, 9.17) is 34.0 Å². The van der Waals surface area contributed by atoms with E-state index in [2.05, 4.69) is 25.5 Å². The zero-order chi connectivity index (χ0) is 51.0. The Labute approximate surface area is 414 Å². The molecule has 0 bridgehead atoms. The van der Waals surface area contributed by atoms with E-state index in [1.165, 1.54) is 51.3 Å². The second-order valence-corrected chi connectivity index (χ2v) is 21.1. The van der Waals surface area contributed by atoms with Gasteiger partial charge < -0.3 is 16.2 Å². The first-order valence-electron chi connectivity index (χ1n) is 19.0. The van der Waals surface area contributed by atoms with Crippen LogP contribution < -0.4 is 21.1 Å². The SMILES string of the molecule is Cc1nc2sc(Cl)cn2c1C(=O)NCc1ccc(N2CCN(S(=O)(=O)C(F)(F)F)C=N2)c(F)c1.Cc1nc2sc(Cl)cn2c1C(=O)O.Cl.NCc1ccc(N2CCN(S(=O)(=O)C(F)(F)F)C=N2)c(F)c1. The van der Waals surface area contributed by atoms with Crippen molar-refractivity contribution < 1.29 is 66.7 Å². The van der Waals surface area contributed by atoms with Crippen molar-refractivity contribution in [2.24, 2.45) is 15.9 Å². The van der Waals surface area contributed by atoms with Gasteiger partial charge >= 0.3 is 37.0 Å². The minimum absolute atomic E-state index is 0. The van der Waals surface area contributed by atoms with Gasteiger partial charge in [0, 0.05) is 25.5 Å². The van der Waals surface area contributed by atoms with Crippen molar-refractivity contribution >= 4 is 124 Å². The first-order chi connectivity index (χ1) is 32.1. The average Bonchev–Trinajstić information content (AvgIpc) is 3.99. The number of carbonyl (C=O) groups is 2. The Morgan fingerprint density at radius 2 is 1.14 bits per heavy atom. The van der Waals surface area contributed by atoms with Gasteiger partial charge in [0.05, 0.1) is 48.9 Å². The Balaban J connectivity index is 0.000000216. The van der Waals surface area contributed by atoms with E-state index in [9.17, 15) is 61.5 Å². The number of aromatic nitrogens is 4. The van der Waals surface area contributed by atoms with E-state index in [-0.39, 0.29) is 64.3 Å². The van der Waals surface area contributed by atoms with Crippen molar-refractivity contribution in [2.45, 2.75) is 38.0 Å². The van der Waals surface area contributed by atoms with Crippen LogP contribution in [0.25, 0.3) is 9.92 Å². The normalized spacial score (nSPS) is 14.3. The number of alkyl halides is 6. The number of sulfonamides is 2. The molecule has 8 rings (SSSR count). The number of carbonyl (C=O) groups excluding carboxylic acids is 1. The molecule has 2 aliphatic rings. The molecule has 19 nitrogen and oxygen atoms in total. The number of carboxylic acid groups (broad SMARTS) is 1. The van der Waals surface area contributed by atoms with Crippen LogP contribution in [0.15, 0.2) is 59.0 Å². The van der Waals surface area contributed by atoms with Gasteiger partial charge in [-0.05, 0) is 49.2 Å². The van der Waals surface area contributed by atoms with E-state index in [0.29, 0.717) is 59.5 Å². The fraction of sp³-hybridized carbons (Fsp3) is 0.278. The molecule has 4 N–H and O–H groups in total. The molecule has 0 saturated carbocycles. The topological polar surface area (TPSA) is 233 Å². The van der Waals surface area contributed by atoms with Gasteiger partial charge in [0.1, 0.15) is 38.7 Å². The minimum atomic E-state index is -5.56. The minimum Gasteiger partial charge on any atom is -0.477 e. The summed E-state index contributed by atoms with van der Waals surface area (Å²) < 4.78 is 153. The number of hydrogen-bond donors (Lipinski definition) is 3. The molecule has 0 spiro atoms. The number of imidazole rings is 2. The number of halogens is 11. The highest BCUT2D eigenvalue weighted by Gasteiger charge is 2.51. The second kappa shape index (κ2) is 21.4. The summed E-state index contributed by atoms with van der Waals surface area (Å²) in [4.78, 5) is 33.0. The molecule has 0 fully saturated rings. The summed E-state index contributed by atoms with van der Waals surface area (Å²) in [5, 5.41) is 20.9. The molecule has 2 aliphatic heterocycles. The summed E-state index contributed by atoms with van der Waals surface area (Å²) in [5.74, 6) is -2.81. The third-order valence-corrected chi connectivity index (χ3v) is 14.7. The van der Waals surface area contributed by atoms with Gasteiger partial charge in [0.15, 0.2) is 15.6 Å². The van der Waals surface area contributed by atoms with Crippen LogP contribution in [0.2, 0.25) is 8.67 Å². The van der Waals surface area contributed by atoms with Crippen molar-refractivity contribution in [3.8, 4) is 0 Å². The van der Waals surface area contributed by atoms with Crippen LogP contribution in [0.3, 0.4) is 0 Å². The number of thiazole rings is 2. The van der Waals surface area contributed by atoms with Gasteiger partial charge in [-0.15, -0.1) is 12.4 Å². The van der Waals surface area contributed by atoms with E-state index in [1.807, 2.05) is 0 Å². The Morgan fingerprint density at radius 3 is 1.53 bits per heavy atom. The van der Waals surface area contributed by atoms with Crippen LogP contribution >= 0.6 is 58.3 Å². The van der Waals surface area contributed by atoms with E-state index >= 15 is 0 Å². The molecule has 1 amide bonds. The van der Waals surface area contributed by atoms with Gasteiger partial charge in [-0.2, -0.15) is 53.4 Å². The fourth-order valence-electron chi connectivity index (χ4n) is 6.26. The quantitative estimate of drug-likeness (QED) is 0.124. The summed E-state index contributed by atoms with van der Waals surface area (Å²) in [5.41, 5.74) is -3.08. The predicted molar refractivity (Wildman–Crippen MR) is 247 cm³/mol. The van der Waals surface area contributed by atoms with Crippen LogP contribution in [0.4, 0.5) is 46.5 Å². The van der Waals surface area contributed by atoms with Crippen LogP contribution in [-0.4, -0.2) is 111 Å². The Kier molecular flexibility index (Phi) is 16.9. The maximum absolute atomic E-state index is 14.7. The molecule has 0 saturated heterocycles. The molecular weight excluding hydrogens is 1100 g/mol. The molecule has 0 unspecified atom stereocenters. The molecular formula is C36H33Cl3F8N12O7S4. The smallest absolute Gasteiger partial charge is 0.477 e. The Hall–Kier alpha value is -5.57. The van der Waals surface area contributed by atoms with Crippen molar-refractivity contribution in [2.75, 3.05) is 36.2 Å². The van der Waals surface area contributed by atoms with Crippen LogP contribution in [0.5, 0.6) is 0 Å². The number of hydrogen-bond acceptors (Lipinski definition) is 15. The van der Waals surface area contributed by atoms with Gasteiger partial charge in [-0.1, -0.05) is 58.0 Å². The lowest BCUT2D eigenvalue weighted by Gasteiger charge is -2.29. The third kappa shape index (κ3) is 11.8. The number of anilines is 2. The zero-order valence-electron chi connectivity index (χ0n) is 35.3. The van der Waals surface area contributed by atoms with Gasteiger partial charge in [-0.25, -0.2) is 32.2 Å². The number of aromatic carboxylic acids is 1. The number of amides is 1. The number of nitrogens with two attached hydrogens (primary N) is 1. The lowest BCUT2D eigenvalue weighted by atomic mass is 10.2. The van der Waals surface area contributed by atoms with Crippen molar-refractivity contribution in [1.82, 2.24) is 32.7 Å². The number of rotatable bonds is 9. The lowest BCUT2D eigenvalue weighted by Crippen LogP contribution is -2.46. The monoisotopic (exact) mass is 1130 g/mol. The van der Waals surface area contributed by atoms with Gasteiger partial charge in [0.25, 0.3) is 5.91 Å². The molecule has 0 radical (unpaired) electrons. The van der Waals surface area contributed by atoms with E-state index < -0.39 is 67.7 Å². The summed E-state index contributed by atoms with van der Waals surface area (Å²) in [6.45, 7) is 1.90. The molecule has 70 heavy (non-hydrogen) atoms. The van der Waals surface area contributed by atoms with Gasteiger partial charge in [0.2, 0.25) is 0 Å². The average molecular weight is 1130 g/mol. The van der Waals surface area contributed by atoms with E-state index in [0.717, 1.165) is 16.1 Å². The van der Waals surface area contributed by atoms with Crippen LogP contribution in [0, 0.1) is 25.5 Å². The lowest BCUT2D eigenvalue weighted by molar-refractivity contribution is -0.0477. The molecule has 6 heterocycles. The van der Waals surface area contributed by atoms with Crippen molar-refractivity contribution in [1.29, 1.82) is 0 Å². The first kappa shape index (κ1) is 55.4. The molecule has 2 aromatic carbocycles. The first-order valence-corrected chi connectivity index (χ1v) is 24.3. The summed E-state index contributed by atoms with van der Waals surface area (Å²) in [7, 11) is -11.0. The number of hydrazone groups is 2. The van der Waals surface area contributed by atoms with Crippen LogP contribution in [0.1, 0.15) is 43.5 Å². The number of carboxylic acids is 1. The molecule has 0 atom stereocenters. The Bertz CT molecular complexity index is 3220. The molecule has 34 heteroatoms. The summed E-state index contributed by atoms with van der Waals surface area (Å²) in [6, 6.07) is 8.10.